The quantitative estimate of drug-likeness (QED) is 0.283. The van der Waals surface area contributed by atoms with E-state index >= 15 is 0 Å². The summed E-state index contributed by atoms with van der Waals surface area (Å²) in [6.07, 6.45) is 2.90. The van der Waals surface area contributed by atoms with Crippen molar-refractivity contribution >= 4 is 54.6 Å². The number of rotatable bonds is 8. The number of amides is 1. The number of sulfonamides is 2. The SMILES string of the molecule is Cc1ccc(S(=O)(=O)Nc2ccc(Cl)c(C(=O)Nc3ccc(S(=O)(=O)Nc4cccnc4)cc3)c2)cc1. The van der Waals surface area contributed by atoms with Crippen molar-refractivity contribution in [2.45, 2.75) is 16.7 Å². The van der Waals surface area contributed by atoms with Crippen LogP contribution < -0.4 is 14.8 Å². The monoisotopic (exact) mass is 556 g/mol. The molecule has 0 radical (unpaired) electrons. The van der Waals surface area contributed by atoms with Crippen LogP contribution in [0, 0.1) is 6.92 Å². The van der Waals surface area contributed by atoms with E-state index < -0.39 is 26.0 Å². The molecule has 0 aliphatic heterocycles. The van der Waals surface area contributed by atoms with Crippen molar-refractivity contribution in [3.63, 3.8) is 0 Å². The Hall–Kier alpha value is -3.93. The highest BCUT2D eigenvalue weighted by atomic mass is 35.5. The number of halogens is 1. The minimum absolute atomic E-state index is 0.0140. The van der Waals surface area contributed by atoms with Crippen molar-refractivity contribution in [1.82, 2.24) is 4.98 Å². The highest BCUT2D eigenvalue weighted by Gasteiger charge is 2.18. The number of aryl methyl sites for hydroxylation is 1. The topological polar surface area (TPSA) is 134 Å². The van der Waals surface area contributed by atoms with Crippen molar-refractivity contribution in [1.29, 1.82) is 0 Å². The van der Waals surface area contributed by atoms with Gasteiger partial charge in [-0.05, 0) is 73.7 Å². The summed E-state index contributed by atoms with van der Waals surface area (Å²) in [4.78, 5) is 16.8. The average Bonchev–Trinajstić information content (AvgIpc) is 2.86. The number of aromatic nitrogens is 1. The summed E-state index contributed by atoms with van der Waals surface area (Å²) in [7, 11) is -7.73. The fourth-order valence-electron chi connectivity index (χ4n) is 3.25. The van der Waals surface area contributed by atoms with E-state index in [-0.39, 0.29) is 26.1 Å². The van der Waals surface area contributed by atoms with Crippen LogP contribution in [0.3, 0.4) is 0 Å². The summed E-state index contributed by atoms with van der Waals surface area (Å²) in [6, 6.07) is 19.2. The van der Waals surface area contributed by atoms with Crippen LogP contribution in [0.15, 0.2) is 101 Å². The lowest BCUT2D eigenvalue weighted by molar-refractivity contribution is 0.102. The Morgan fingerprint density at radius 3 is 1.92 bits per heavy atom. The van der Waals surface area contributed by atoms with Gasteiger partial charge in [-0.3, -0.25) is 19.2 Å². The normalized spacial score (nSPS) is 11.5. The van der Waals surface area contributed by atoms with Crippen LogP contribution in [0.1, 0.15) is 15.9 Å². The minimum atomic E-state index is -3.88. The first kappa shape index (κ1) is 26.1. The van der Waals surface area contributed by atoms with E-state index in [2.05, 4.69) is 19.7 Å². The van der Waals surface area contributed by atoms with Crippen molar-refractivity contribution in [2.24, 2.45) is 0 Å². The number of nitrogens with one attached hydrogen (secondary N) is 3. The number of benzene rings is 3. The summed E-state index contributed by atoms with van der Waals surface area (Å²) in [6.45, 7) is 1.85. The fourth-order valence-corrected chi connectivity index (χ4v) is 5.54. The lowest BCUT2D eigenvalue weighted by atomic mass is 10.2. The third-order valence-corrected chi connectivity index (χ3v) is 8.25. The summed E-state index contributed by atoms with van der Waals surface area (Å²) < 4.78 is 55.4. The molecule has 9 nitrogen and oxygen atoms in total. The predicted octanol–water partition coefficient (Wildman–Crippen LogP) is 4.90. The summed E-state index contributed by atoms with van der Waals surface area (Å²) in [5.74, 6) is -0.606. The highest BCUT2D eigenvalue weighted by molar-refractivity contribution is 7.93. The third kappa shape index (κ3) is 6.45. The first-order chi connectivity index (χ1) is 17.5. The van der Waals surface area contributed by atoms with Crippen LogP contribution in [0.5, 0.6) is 0 Å². The second kappa shape index (κ2) is 10.6. The van der Waals surface area contributed by atoms with E-state index in [1.54, 1.807) is 24.3 Å². The van der Waals surface area contributed by atoms with Crippen LogP contribution >= 0.6 is 11.6 Å². The maximum atomic E-state index is 12.9. The van der Waals surface area contributed by atoms with Crippen molar-refractivity contribution in [3.05, 3.63) is 107 Å². The molecule has 0 aliphatic rings. The standard InChI is InChI=1S/C25H21ClN4O5S2/c1-17-4-9-21(10-5-17)36(32,33)29-19-8-13-24(26)23(15-19)25(31)28-18-6-11-22(12-7-18)37(34,35)30-20-3-2-14-27-16-20/h2-16,29-30H,1H3,(H,28,31). The van der Waals surface area contributed by atoms with Crippen LogP contribution in [-0.4, -0.2) is 27.7 Å². The summed E-state index contributed by atoms with van der Waals surface area (Å²) in [5, 5.41) is 2.74. The highest BCUT2D eigenvalue weighted by Crippen LogP contribution is 2.25. The van der Waals surface area contributed by atoms with Crippen molar-refractivity contribution in [2.75, 3.05) is 14.8 Å². The molecule has 3 N–H and O–H groups in total. The Morgan fingerprint density at radius 1 is 0.757 bits per heavy atom. The molecule has 0 spiro atoms. The van der Waals surface area contributed by atoms with Gasteiger partial charge in [-0.25, -0.2) is 16.8 Å². The molecule has 0 unspecified atom stereocenters. The molecule has 1 aromatic heterocycles. The van der Waals surface area contributed by atoms with Crippen molar-refractivity contribution in [3.8, 4) is 0 Å². The summed E-state index contributed by atoms with van der Waals surface area (Å²) >= 11 is 6.19. The molecule has 0 fully saturated rings. The molecule has 0 saturated carbocycles. The number of anilines is 3. The molecule has 4 rings (SSSR count). The Bertz CT molecular complexity index is 1640. The first-order valence-corrected chi connectivity index (χ1v) is 14.1. The molecule has 0 atom stereocenters. The predicted molar refractivity (Wildman–Crippen MR) is 143 cm³/mol. The largest absolute Gasteiger partial charge is 0.322 e. The lowest BCUT2D eigenvalue weighted by Gasteiger charge is -2.12. The Balaban J connectivity index is 1.48. The molecule has 12 heteroatoms. The zero-order chi connectivity index (χ0) is 26.6. The number of hydrogen-bond acceptors (Lipinski definition) is 6. The maximum Gasteiger partial charge on any atom is 0.261 e. The van der Waals surface area contributed by atoms with Gasteiger partial charge in [0.05, 0.1) is 32.3 Å². The molecule has 4 aromatic rings. The summed E-state index contributed by atoms with van der Waals surface area (Å²) in [5.41, 5.74) is 1.72. The smallest absolute Gasteiger partial charge is 0.261 e. The average molecular weight is 557 g/mol. The third-order valence-electron chi connectivity index (χ3n) is 5.13. The number of carbonyl (C=O) groups is 1. The van der Waals surface area contributed by atoms with Gasteiger partial charge in [0.25, 0.3) is 26.0 Å². The molecule has 0 bridgehead atoms. The molecule has 190 valence electrons. The first-order valence-electron chi connectivity index (χ1n) is 10.8. The van der Waals surface area contributed by atoms with Gasteiger partial charge >= 0.3 is 0 Å². The molecule has 0 aliphatic carbocycles. The number of pyridine rings is 1. The zero-order valence-corrected chi connectivity index (χ0v) is 21.7. The van der Waals surface area contributed by atoms with E-state index in [4.69, 9.17) is 11.6 Å². The van der Waals surface area contributed by atoms with E-state index in [1.165, 1.54) is 67.0 Å². The molecular formula is C25H21ClN4O5S2. The van der Waals surface area contributed by atoms with E-state index in [9.17, 15) is 21.6 Å². The Kier molecular flexibility index (Phi) is 7.48. The van der Waals surface area contributed by atoms with E-state index in [0.717, 1.165) is 5.56 Å². The van der Waals surface area contributed by atoms with Gasteiger partial charge in [0.2, 0.25) is 0 Å². The van der Waals surface area contributed by atoms with Gasteiger partial charge < -0.3 is 5.32 Å². The van der Waals surface area contributed by atoms with Gasteiger partial charge in [0.15, 0.2) is 0 Å². The number of nitrogens with zero attached hydrogens (tertiary/aromatic N) is 1. The lowest BCUT2D eigenvalue weighted by Crippen LogP contribution is -2.16. The zero-order valence-electron chi connectivity index (χ0n) is 19.3. The van der Waals surface area contributed by atoms with Gasteiger partial charge in [-0.2, -0.15) is 0 Å². The van der Waals surface area contributed by atoms with Gasteiger partial charge in [0, 0.05) is 17.6 Å². The second-order valence-electron chi connectivity index (χ2n) is 7.94. The molecule has 1 heterocycles. The number of hydrogen-bond donors (Lipinski definition) is 3. The van der Waals surface area contributed by atoms with Crippen LogP contribution in [0.25, 0.3) is 0 Å². The maximum absolute atomic E-state index is 12.9. The molecule has 1 amide bonds. The van der Waals surface area contributed by atoms with Gasteiger partial charge in [-0.1, -0.05) is 29.3 Å². The molecule has 0 saturated heterocycles. The minimum Gasteiger partial charge on any atom is -0.322 e. The molecule has 37 heavy (non-hydrogen) atoms. The van der Waals surface area contributed by atoms with E-state index in [1.807, 2.05) is 6.92 Å². The van der Waals surface area contributed by atoms with Crippen molar-refractivity contribution < 1.29 is 21.6 Å². The molecule has 3 aromatic carbocycles. The number of carbonyl (C=O) groups excluding carboxylic acids is 1. The Morgan fingerprint density at radius 2 is 1.32 bits per heavy atom. The van der Waals surface area contributed by atoms with E-state index in [0.29, 0.717) is 11.4 Å². The van der Waals surface area contributed by atoms with Crippen LogP contribution in [0.4, 0.5) is 17.1 Å². The Labute approximate surface area is 219 Å². The van der Waals surface area contributed by atoms with Crippen LogP contribution in [-0.2, 0) is 20.0 Å². The second-order valence-corrected chi connectivity index (χ2v) is 11.7. The molecular weight excluding hydrogens is 536 g/mol. The van der Waals surface area contributed by atoms with Gasteiger partial charge in [-0.15, -0.1) is 0 Å². The van der Waals surface area contributed by atoms with Gasteiger partial charge in [0.1, 0.15) is 0 Å². The van der Waals surface area contributed by atoms with Crippen LogP contribution in [0.2, 0.25) is 5.02 Å². The fraction of sp³-hybridized carbons (Fsp3) is 0.0400.